The molecule has 0 aliphatic heterocycles. The maximum atomic E-state index is 5.54. The van der Waals surface area contributed by atoms with Crippen LogP contribution in [0.3, 0.4) is 0 Å². The third-order valence-corrected chi connectivity index (χ3v) is 2.93. The fourth-order valence-electron chi connectivity index (χ4n) is 1.44. The molecule has 0 saturated carbocycles. The van der Waals surface area contributed by atoms with Gasteiger partial charge in [0.1, 0.15) is 0 Å². The van der Waals surface area contributed by atoms with Crippen LogP contribution in [0.25, 0.3) is 10.6 Å². The number of hydrogen-bond acceptors (Lipinski definition) is 5. The van der Waals surface area contributed by atoms with E-state index in [1.807, 2.05) is 18.3 Å². The van der Waals surface area contributed by atoms with Crippen LogP contribution in [-0.4, -0.2) is 15.2 Å². The molecule has 0 aliphatic rings. The van der Waals surface area contributed by atoms with Crippen LogP contribution in [0.2, 0.25) is 0 Å². The molecule has 0 bridgehead atoms. The Balaban J connectivity index is 2.19. The molecular weight excluding hydrogens is 220 g/mol. The molecule has 4 nitrogen and oxygen atoms in total. The first-order valence-electron chi connectivity index (χ1n) is 5.19. The Bertz CT molecular complexity index is 461. The zero-order valence-electron chi connectivity index (χ0n) is 9.34. The van der Waals surface area contributed by atoms with Gasteiger partial charge < -0.3 is 5.73 Å². The number of nitrogen functional groups attached to an aromatic ring is 1. The monoisotopic (exact) mass is 234 g/mol. The Kier molecular flexibility index (Phi) is 3.14. The number of hydrogen-bond donors (Lipinski definition) is 1. The molecule has 0 aliphatic carbocycles. The van der Waals surface area contributed by atoms with E-state index in [-0.39, 0.29) is 0 Å². The van der Waals surface area contributed by atoms with Gasteiger partial charge in [0, 0.05) is 17.5 Å². The molecule has 84 valence electrons. The van der Waals surface area contributed by atoms with Gasteiger partial charge in [-0.05, 0) is 24.5 Å². The predicted molar refractivity (Wildman–Crippen MR) is 66.1 cm³/mol. The van der Waals surface area contributed by atoms with Crippen LogP contribution in [0, 0.1) is 5.92 Å². The maximum Gasteiger partial charge on any atom is 0.203 e. The highest BCUT2D eigenvalue weighted by Gasteiger charge is 2.05. The normalized spacial score (nSPS) is 10.9. The van der Waals surface area contributed by atoms with Crippen molar-refractivity contribution in [3.63, 3.8) is 0 Å². The predicted octanol–water partition coefficient (Wildman–Crippen LogP) is 2.38. The molecule has 0 aromatic carbocycles. The van der Waals surface area contributed by atoms with Gasteiger partial charge in [-0.15, -0.1) is 10.2 Å². The van der Waals surface area contributed by atoms with Crippen LogP contribution < -0.4 is 5.73 Å². The van der Waals surface area contributed by atoms with E-state index in [2.05, 4.69) is 29.0 Å². The minimum atomic E-state index is 0.487. The molecule has 0 radical (unpaired) electrons. The summed E-state index contributed by atoms with van der Waals surface area (Å²) >= 11 is 1.38. The second-order valence-corrected chi connectivity index (χ2v) is 5.09. The van der Waals surface area contributed by atoms with Crippen molar-refractivity contribution in [2.45, 2.75) is 20.3 Å². The Morgan fingerprint density at radius 1 is 1.31 bits per heavy atom. The average molecular weight is 234 g/mol. The molecule has 2 aromatic heterocycles. The second kappa shape index (κ2) is 4.57. The number of nitrogens with two attached hydrogens (primary N) is 1. The molecule has 5 heteroatoms. The Labute approximate surface area is 98.6 Å². The van der Waals surface area contributed by atoms with E-state index in [1.165, 1.54) is 11.3 Å². The zero-order valence-corrected chi connectivity index (χ0v) is 10.2. The fraction of sp³-hybridized carbons (Fsp3) is 0.364. The Morgan fingerprint density at radius 3 is 2.62 bits per heavy atom. The highest BCUT2D eigenvalue weighted by atomic mass is 32.1. The van der Waals surface area contributed by atoms with Crippen molar-refractivity contribution >= 4 is 16.5 Å². The van der Waals surface area contributed by atoms with Crippen LogP contribution in [0.15, 0.2) is 18.3 Å². The zero-order chi connectivity index (χ0) is 11.5. The number of anilines is 1. The largest absolute Gasteiger partial charge is 0.374 e. The van der Waals surface area contributed by atoms with E-state index in [1.54, 1.807) is 0 Å². The van der Waals surface area contributed by atoms with E-state index in [4.69, 9.17) is 5.73 Å². The molecule has 0 spiro atoms. The highest BCUT2D eigenvalue weighted by Crippen LogP contribution is 2.23. The van der Waals surface area contributed by atoms with Crippen molar-refractivity contribution in [1.29, 1.82) is 0 Å². The summed E-state index contributed by atoms with van der Waals surface area (Å²) < 4.78 is 0. The van der Waals surface area contributed by atoms with Gasteiger partial charge >= 0.3 is 0 Å². The van der Waals surface area contributed by atoms with Crippen molar-refractivity contribution in [2.24, 2.45) is 5.92 Å². The minimum Gasteiger partial charge on any atom is -0.374 e. The quantitative estimate of drug-likeness (QED) is 0.885. The number of aromatic nitrogens is 3. The third-order valence-electron chi connectivity index (χ3n) is 2.13. The lowest BCUT2D eigenvalue weighted by Gasteiger charge is -2.03. The molecule has 0 atom stereocenters. The summed E-state index contributed by atoms with van der Waals surface area (Å²) in [7, 11) is 0. The maximum absolute atomic E-state index is 5.54. The molecular formula is C11H14N4S. The van der Waals surface area contributed by atoms with Gasteiger partial charge in [0.25, 0.3) is 0 Å². The summed E-state index contributed by atoms with van der Waals surface area (Å²) in [6.45, 7) is 4.36. The lowest BCUT2D eigenvalue weighted by molar-refractivity contribution is 0.635. The summed E-state index contributed by atoms with van der Waals surface area (Å²) in [6, 6.07) is 4.05. The Hall–Kier alpha value is -1.49. The van der Waals surface area contributed by atoms with Gasteiger partial charge in [-0.1, -0.05) is 25.2 Å². The first-order chi connectivity index (χ1) is 7.65. The summed E-state index contributed by atoms with van der Waals surface area (Å²) in [5.74, 6) is 0.621. The molecule has 0 fully saturated rings. The SMILES string of the molecule is CC(C)Cc1ccc(-c2nnc(N)s2)cn1. The smallest absolute Gasteiger partial charge is 0.203 e. The molecule has 0 unspecified atom stereocenters. The van der Waals surface area contributed by atoms with Crippen LogP contribution >= 0.6 is 11.3 Å². The first kappa shape index (κ1) is 11.0. The van der Waals surface area contributed by atoms with E-state index in [0.717, 1.165) is 22.7 Å². The fourth-order valence-corrected chi connectivity index (χ4v) is 2.04. The summed E-state index contributed by atoms with van der Waals surface area (Å²) in [5, 5.41) is 9.07. The van der Waals surface area contributed by atoms with Gasteiger partial charge in [-0.3, -0.25) is 4.98 Å². The topological polar surface area (TPSA) is 64.7 Å². The van der Waals surface area contributed by atoms with Crippen LogP contribution in [0.5, 0.6) is 0 Å². The van der Waals surface area contributed by atoms with Crippen molar-refractivity contribution in [3.05, 3.63) is 24.0 Å². The molecule has 2 rings (SSSR count). The molecule has 16 heavy (non-hydrogen) atoms. The van der Waals surface area contributed by atoms with Crippen molar-refractivity contribution in [2.75, 3.05) is 5.73 Å². The van der Waals surface area contributed by atoms with Crippen LogP contribution in [-0.2, 0) is 6.42 Å². The lowest BCUT2D eigenvalue weighted by Crippen LogP contribution is -1.96. The van der Waals surface area contributed by atoms with Crippen LogP contribution in [0.4, 0.5) is 5.13 Å². The van der Waals surface area contributed by atoms with Crippen molar-refractivity contribution in [3.8, 4) is 10.6 Å². The molecule has 2 N–H and O–H groups in total. The minimum absolute atomic E-state index is 0.487. The average Bonchev–Trinajstić information content (AvgIpc) is 2.65. The third kappa shape index (κ3) is 2.55. The second-order valence-electron chi connectivity index (χ2n) is 4.08. The number of rotatable bonds is 3. The van der Waals surface area contributed by atoms with Crippen molar-refractivity contribution in [1.82, 2.24) is 15.2 Å². The van der Waals surface area contributed by atoms with Gasteiger partial charge in [-0.25, -0.2) is 0 Å². The molecule has 0 saturated heterocycles. The van der Waals surface area contributed by atoms with E-state index < -0.39 is 0 Å². The lowest BCUT2D eigenvalue weighted by atomic mass is 10.1. The van der Waals surface area contributed by atoms with Gasteiger partial charge in [0.15, 0.2) is 5.01 Å². The molecule has 2 heterocycles. The van der Waals surface area contributed by atoms with Gasteiger partial charge in [0.2, 0.25) is 5.13 Å². The summed E-state index contributed by atoms with van der Waals surface area (Å²) in [6.07, 6.45) is 2.83. The van der Waals surface area contributed by atoms with Crippen LogP contribution in [0.1, 0.15) is 19.5 Å². The van der Waals surface area contributed by atoms with E-state index in [9.17, 15) is 0 Å². The molecule has 0 amide bonds. The van der Waals surface area contributed by atoms with E-state index in [0.29, 0.717) is 11.0 Å². The standard InChI is InChI=1S/C11H14N4S/c1-7(2)5-9-4-3-8(6-13-9)10-14-15-11(12)16-10/h3-4,6-7H,5H2,1-2H3,(H2,12,15). The van der Waals surface area contributed by atoms with Gasteiger partial charge in [-0.2, -0.15) is 0 Å². The molecule has 2 aromatic rings. The highest BCUT2D eigenvalue weighted by molar-refractivity contribution is 7.18. The first-order valence-corrected chi connectivity index (χ1v) is 6.01. The number of pyridine rings is 1. The van der Waals surface area contributed by atoms with Gasteiger partial charge in [0.05, 0.1) is 0 Å². The number of nitrogens with zero attached hydrogens (tertiary/aromatic N) is 3. The summed E-state index contributed by atoms with van der Waals surface area (Å²) in [4.78, 5) is 4.40. The van der Waals surface area contributed by atoms with E-state index >= 15 is 0 Å². The summed E-state index contributed by atoms with van der Waals surface area (Å²) in [5.41, 5.74) is 7.62. The Morgan fingerprint density at radius 2 is 2.12 bits per heavy atom. The van der Waals surface area contributed by atoms with Crippen molar-refractivity contribution < 1.29 is 0 Å².